The number of hydrogen-bond donors (Lipinski definition) is 3. The van der Waals surface area contributed by atoms with Crippen LogP contribution in [0.5, 0.6) is 5.75 Å². The average Bonchev–Trinajstić information content (AvgIpc) is 2.76. The molecule has 0 aliphatic carbocycles. The van der Waals surface area contributed by atoms with E-state index in [4.69, 9.17) is 11.6 Å². The lowest BCUT2D eigenvalue weighted by Gasteiger charge is -2.17. The Morgan fingerprint density at radius 3 is 2.23 bits per heavy atom. The molecule has 1 unspecified atom stereocenters. The van der Waals surface area contributed by atoms with Crippen LogP contribution in [-0.4, -0.2) is 31.2 Å². The lowest BCUT2D eigenvalue weighted by atomic mass is 10.2. The molecule has 3 aromatic rings. The van der Waals surface area contributed by atoms with Gasteiger partial charge in [0.25, 0.3) is 5.91 Å². The minimum atomic E-state index is -3.51. The summed E-state index contributed by atoms with van der Waals surface area (Å²) in [4.78, 5) is 12.5. The zero-order valence-electron chi connectivity index (χ0n) is 16.2. The number of anilines is 2. The summed E-state index contributed by atoms with van der Waals surface area (Å²) < 4.78 is 25.3. The normalized spacial score (nSPS) is 12.2. The monoisotopic (exact) mass is 444 g/mol. The van der Waals surface area contributed by atoms with E-state index < -0.39 is 15.1 Å². The van der Waals surface area contributed by atoms with Crippen LogP contribution in [0.1, 0.15) is 17.3 Å². The molecule has 0 spiro atoms. The van der Waals surface area contributed by atoms with Gasteiger partial charge in [0, 0.05) is 18.2 Å². The van der Waals surface area contributed by atoms with Gasteiger partial charge < -0.3 is 15.7 Å². The number of hydrogen-bond acceptors (Lipinski definition) is 5. The fraction of sp³-hybridized carbons (Fsp3) is 0.136. The summed E-state index contributed by atoms with van der Waals surface area (Å²) in [6, 6.07) is 19.5. The van der Waals surface area contributed by atoms with Gasteiger partial charge in [0.2, 0.25) is 0 Å². The molecule has 3 N–H and O–H groups in total. The van der Waals surface area contributed by atoms with E-state index in [9.17, 15) is 18.3 Å². The van der Waals surface area contributed by atoms with Crippen molar-refractivity contribution in [3.8, 4) is 5.75 Å². The Morgan fingerprint density at radius 2 is 1.60 bits per heavy atom. The van der Waals surface area contributed by atoms with Crippen molar-refractivity contribution >= 4 is 38.7 Å². The number of phenolic OH excluding ortho intramolecular Hbond substituents is 1. The molecule has 0 fully saturated rings. The van der Waals surface area contributed by atoms with Crippen LogP contribution in [0.3, 0.4) is 0 Å². The molecule has 3 rings (SSSR count). The molecule has 0 saturated carbocycles. The number of benzene rings is 3. The SMILES string of the molecule is CC(CNc1cc(O)c(NC(=O)c2ccccc2)cc1Cl)S(=O)(=O)c1ccccc1. The lowest BCUT2D eigenvalue weighted by molar-refractivity contribution is 0.102. The van der Waals surface area contributed by atoms with Crippen LogP contribution >= 0.6 is 11.6 Å². The maximum absolute atomic E-state index is 12.6. The number of aromatic hydroxyl groups is 1. The van der Waals surface area contributed by atoms with E-state index in [1.807, 2.05) is 0 Å². The molecular weight excluding hydrogens is 424 g/mol. The van der Waals surface area contributed by atoms with E-state index in [1.54, 1.807) is 67.6 Å². The minimum absolute atomic E-state index is 0.0894. The number of sulfone groups is 1. The van der Waals surface area contributed by atoms with Crippen LogP contribution in [0.2, 0.25) is 5.02 Å². The highest BCUT2D eigenvalue weighted by atomic mass is 35.5. The maximum atomic E-state index is 12.6. The van der Waals surface area contributed by atoms with Crippen LogP contribution in [0.4, 0.5) is 11.4 Å². The highest BCUT2D eigenvalue weighted by molar-refractivity contribution is 7.92. The van der Waals surface area contributed by atoms with Crippen molar-refractivity contribution in [1.29, 1.82) is 0 Å². The molecule has 30 heavy (non-hydrogen) atoms. The van der Waals surface area contributed by atoms with Gasteiger partial charge in [-0.05, 0) is 37.3 Å². The van der Waals surface area contributed by atoms with E-state index in [0.29, 0.717) is 11.3 Å². The van der Waals surface area contributed by atoms with E-state index in [2.05, 4.69) is 10.6 Å². The molecule has 0 heterocycles. The third-order valence-corrected chi connectivity index (χ3v) is 7.02. The third-order valence-electron chi connectivity index (χ3n) is 4.55. The Bertz CT molecular complexity index is 1140. The second kappa shape index (κ2) is 9.19. The Labute approximate surface area is 180 Å². The number of carbonyl (C=O) groups excluding carboxylic acids is 1. The van der Waals surface area contributed by atoms with Crippen molar-refractivity contribution in [3.05, 3.63) is 83.4 Å². The summed E-state index contributed by atoms with van der Waals surface area (Å²) in [5.74, 6) is -0.574. The molecule has 8 heteroatoms. The van der Waals surface area contributed by atoms with E-state index >= 15 is 0 Å². The summed E-state index contributed by atoms with van der Waals surface area (Å²) in [7, 11) is -3.51. The zero-order valence-corrected chi connectivity index (χ0v) is 17.7. The molecule has 0 aliphatic heterocycles. The second-order valence-corrected chi connectivity index (χ2v) is 9.49. The quantitative estimate of drug-likeness (QED) is 0.464. The van der Waals surface area contributed by atoms with Crippen LogP contribution in [-0.2, 0) is 9.84 Å². The fourth-order valence-electron chi connectivity index (χ4n) is 2.79. The molecule has 0 radical (unpaired) electrons. The Kier molecular flexibility index (Phi) is 6.64. The molecule has 3 aromatic carbocycles. The number of halogens is 1. The highest BCUT2D eigenvalue weighted by Crippen LogP contribution is 2.34. The summed E-state index contributed by atoms with van der Waals surface area (Å²) in [5.41, 5.74) is 0.960. The summed E-state index contributed by atoms with van der Waals surface area (Å²) in [6.45, 7) is 1.68. The molecular formula is C22H21ClN2O4S. The van der Waals surface area contributed by atoms with Crippen molar-refractivity contribution in [2.24, 2.45) is 0 Å². The van der Waals surface area contributed by atoms with Crippen molar-refractivity contribution in [2.75, 3.05) is 17.2 Å². The highest BCUT2D eigenvalue weighted by Gasteiger charge is 2.23. The first kappa shape index (κ1) is 21.7. The first-order valence-electron chi connectivity index (χ1n) is 9.21. The van der Waals surface area contributed by atoms with Gasteiger partial charge in [-0.1, -0.05) is 48.0 Å². The van der Waals surface area contributed by atoms with E-state index in [1.165, 1.54) is 12.1 Å². The van der Waals surface area contributed by atoms with Crippen molar-refractivity contribution in [2.45, 2.75) is 17.1 Å². The Hall–Kier alpha value is -3.03. The molecule has 0 bridgehead atoms. The molecule has 6 nitrogen and oxygen atoms in total. The largest absolute Gasteiger partial charge is 0.506 e. The smallest absolute Gasteiger partial charge is 0.255 e. The predicted molar refractivity (Wildman–Crippen MR) is 119 cm³/mol. The predicted octanol–water partition coefficient (Wildman–Crippen LogP) is 4.57. The number of rotatable bonds is 7. The topological polar surface area (TPSA) is 95.5 Å². The minimum Gasteiger partial charge on any atom is -0.506 e. The summed E-state index contributed by atoms with van der Waals surface area (Å²) >= 11 is 6.27. The van der Waals surface area contributed by atoms with Gasteiger partial charge in [0.1, 0.15) is 5.75 Å². The molecule has 0 aromatic heterocycles. The molecule has 0 saturated heterocycles. The Morgan fingerprint density at radius 1 is 1.00 bits per heavy atom. The number of phenols is 1. The molecule has 1 amide bonds. The lowest BCUT2D eigenvalue weighted by Crippen LogP contribution is -2.26. The zero-order chi connectivity index (χ0) is 21.7. The van der Waals surface area contributed by atoms with Gasteiger partial charge in [0.15, 0.2) is 9.84 Å². The van der Waals surface area contributed by atoms with Crippen molar-refractivity contribution in [1.82, 2.24) is 0 Å². The summed E-state index contributed by atoms with van der Waals surface area (Å²) in [5, 5.41) is 15.4. The van der Waals surface area contributed by atoms with Crippen LogP contribution in [0.25, 0.3) is 0 Å². The first-order valence-corrected chi connectivity index (χ1v) is 11.1. The fourth-order valence-corrected chi connectivity index (χ4v) is 4.32. The average molecular weight is 445 g/mol. The molecule has 0 aliphatic rings. The summed E-state index contributed by atoms with van der Waals surface area (Å²) in [6.07, 6.45) is 0. The van der Waals surface area contributed by atoms with Gasteiger partial charge >= 0.3 is 0 Å². The first-order chi connectivity index (χ1) is 14.3. The van der Waals surface area contributed by atoms with Gasteiger partial charge in [-0.25, -0.2) is 8.42 Å². The van der Waals surface area contributed by atoms with Gasteiger partial charge in [0.05, 0.1) is 26.5 Å². The van der Waals surface area contributed by atoms with Crippen molar-refractivity contribution in [3.63, 3.8) is 0 Å². The van der Waals surface area contributed by atoms with E-state index in [0.717, 1.165) is 0 Å². The second-order valence-electron chi connectivity index (χ2n) is 6.72. The maximum Gasteiger partial charge on any atom is 0.255 e. The Balaban J connectivity index is 1.70. The van der Waals surface area contributed by atoms with E-state index in [-0.39, 0.29) is 33.8 Å². The van der Waals surface area contributed by atoms with Crippen molar-refractivity contribution < 1.29 is 18.3 Å². The molecule has 1 atom stereocenters. The van der Waals surface area contributed by atoms with Gasteiger partial charge in [-0.15, -0.1) is 0 Å². The van der Waals surface area contributed by atoms with Crippen LogP contribution in [0, 0.1) is 0 Å². The number of nitrogens with one attached hydrogen (secondary N) is 2. The number of amides is 1. The van der Waals surface area contributed by atoms with Crippen LogP contribution in [0.15, 0.2) is 77.7 Å². The molecule has 156 valence electrons. The standard InChI is InChI=1S/C22H21ClN2O4S/c1-15(30(28,29)17-10-6-3-7-11-17)14-24-19-13-21(26)20(12-18(19)23)25-22(27)16-8-4-2-5-9-16/h2-13,15,24,26H,14H2,1H3,(H,25,27). The van der Waals surface area contributed by atoms with Gasteiger partial charge in [-0.2, -0.15) is 0 Å². The van der Waals surface area contributed by atoms with Crippen LogP contribution < -0.4 is 10.6 Å². The number of carbonyl (C=O) groups is 1. The van der Waals surface area contributed by atoms with Gasteiger partial charge in [-0.3, -0.25) is 4.79 Å². The third kappa shape index (κ3) is 4.93.